The number of carboxylic acid groups (broad SMARTS) is 1. The van der Waals surface area contributed by atoms with Gasteiger partial charge in [-0.2, -0.15) is 0 Å². The Morgan fingerprint density at radius 3 is 1.95 bits per heavy atom. The van der Waals surface area contributed by atoms with Crippen LogP contribution in [0.25, 0.3) is 0 Å². The standard InChI is InChI=1S/C18H30O2.K.Na.H/c1-2-3-4-5-6-7-8-9-10-11-12-13-14-15-16-17-18(19)20;;;/h3-4,6-7,9-10H,2,5,8,11-17H2,1H3,(H,19,20);;;/q;2*+1;-1/p-1/b4-3-,7-6-,10-9-;;;. The van der Waals surface area contributed by atoms with Crippen LogP contribution >= 0.6 is 0 Å². The van der Waals surface area contributed by atoms with Gasteiger partial charge in [0.1, 0.15) is 0 Å². The fraction of sp³-hybridized carbons (Fsp3) is 0.611. The monoisotopic (exact) mass is 340 g/mol. The Labute approximate surface area is 203 Å². The molecule has 0 aliphatic rings. The van der Waals surface area contributed by atoms with Crippen LogP contribution in [-0.2, 0) is 4.79 Å². The molecule has 0 saturated heterocycles. The van der Waals surface area contributed by atoms with Crippen LogP contribution in [0.4, 0.5) is 0 Å². The number of hydrogen-bond donors (Lipinski definition) is 0. The van der Waals surface area contributed by atoms with Gasteiger partial charge < -0.3 is 11.3 Å². The SMILES string of the molecule is CC/C=C\C/C=C\C/C=C\CCCCCCCC(=O)[O-].[H-].[K+].[Na+]. The molecule has 0 spiro atoms. The van der Waals surface area contributed by atoms with Gasteiger partial charge in [-0.1, -0.05) is 62.6 Å². The number of carbonyl (C=O) groups excluding carboxylic acids is 1. The van der Waals surface area contributed by atoms with Gasteiger partial charge in [-0.05, 0) is 44.9 Å². The third-order valence-corrected chi connectivity index (χ3v) is 3.03. The summed E-state index contributed by atoms with van der Waals surface area (Å²) in [7, 11) is 0. The number of rotatable bonds is 13. The summed E-state index contributed by atoms with van der Waals surface area (Å²) in [6.45, 7) is 2.15. The van der Waals surface area contributed by atoms with Gasteiger partial charge >= 0.3 is 80.9 Å². The summed E-state index contributed by atoms with van der Waals surface area (Å²) in [5.74, 6) is -0.925. The maximum atomic E-state index is 10.2. The van der Waals surface area contributed by atoms with Crippen LogP contribution < -0.4 is 86.0 Å². The largest absolute Gasteiger partial charge is 1.00 e. The Balaban J connectivity index is -0.000000602. The van der Waals surface area contributed by atoms with E-state index in [1.165, 1.54) is 12.8 Å². The van der Waals surface area contributed by atoms with Crippen molar-refractivity contribution in [1.82, 2.24) is 0 Å². The van der Waals surface area contributed by atoms with Crippen LogP contribution in [-0.4, -0.2) is 5.97 Å². The number of unbranched alkanes of at least 4 members (excludes halogenated alkanes) is 5. The third kappa shape index (κ3) is 26.2. The van der Waals surface area contributed by atoms with E-state index in [0.29, 0.717) is 0 Å². The van der Waals surface area contributed by atoms with Crippen molar-refractivity contribution in [1.29, 1.82) is 0 Å². The summed E-state index contributed by atoms with van der Waals surface area (Å²) in [6.07, 6.45) is 23.0. The molecule has 0 atom stereocenters. The zero-order valence-corrected chi connectivity index (χ0v) is 20.0. The summed E-state index contributed by atoms with van der Waals surface area (Å²) >= 11 is 0. The van der Waals surface area contributed by atoms with E-state index < -0.39 is 5.97 Å². The molecule has 0 rings (SSSR count). The van der Waals surface area contributed by atoms with Crippen LogP contribution in [0.5, 0.6) is 0 Å². The Hall–Kier alpha value is 1.33. The fourth-order valence-corrected chi connectivity index (χ4v) is 1.89. The van der Waals surface area contributed by atoms with E-state index in [1.54, 1.807) is 0 Å². The van der Waals surface area contributed by atoms with Crippen molar-refractivity contribution in [3.63, 3.8) is 0 Å². The Bertz CT molecular complexity index is 318. The van der Waals surface area contributed by atoms with Crippen LogP contribution in [0.2, 0.25) is 0 Å². The maximum absolute atomic E-state index is 10.2. The minimum Gasteiger partial charge on any atom is -1.00 e. The van der Waals surface area contributed by atoms with Gasteiger partial charge in [0.25, 0.3) is 0 Å². The van der Waals surface area contributed by atoms with E-state index in [2.05, 4.69) is 43.4 Å². The molecule has 0 unspecified atom stereocenters. The van der Waals surface area contributed by atoms with E-state index in [1.807, 2.05) is 0 Å². The zero-order valence-electron chi connectivity index (χ0n) is 15.9. The molecule has 0 aliphatic heterocycles. The van der Waals surface area contributed by atoms with E-state index in [9.17, 15) is 9.90 Å². The number of aliphatic carboxylic acids is 1. The molecule has 0 aliphatic carbocycles. The van der Waals surface area contributed by atoms with E-state index in [4.69, 9.17) is 0 Å². The van der Waals surface area contributed by atoms with Crippen LogP contribution in [0.3, 0.4) is 0 Å². The summed E-state index contributed by atoms with van der Waals surface area (Å²) in [4.78, 5) is 10.2. The van der Waals surface area contributed by atoms with Gasteiger partial charge in [-0.25, -0.2) is 0 Å². The average Bonchev–Trinajstić information content (AvgIpc) is 2.43. The van der Waals surface area contributed by atoms with Crippen molar-refractivity contribution in [3.05, 3.63) is 36.5 Å². The average molecular weight is 341 g/mol. The smallest absolute Gasteiger partial charge is 1.00 e. The second-order valence-corrected chi connectivity index (χ2v) is 4.97. The first-order valence-electron chi connectivity index (χ1n) is 7.92. The van der Waals surface area contributed by atoms with Gasteiger partial charge in [0.15, 0.2) is 0 Å². The number of hydrogen-bond acceptors (Lipinski definition) is 2. The molecular formula is C18H30KNaO2. The molecule has 0 N–H and O–H groups in total. The van der Waals surface area contributed by atoms with Gasteiger partial charge in [0.05, 0.1) is 0 Å². The second kappa shape index (κ2) is 24.6. The molecular weight excluding hydrogens is 310 g/mol. The van der Waals surface area contributed by atoms with Crippen molar-refractivity contribution < 1.29 is 92.3 Å². The van der Waals surface area contributed by atoms with Crippen LogP contribution in [0, 0.1) is 0 Å². The van der Waals surface area contributed by atoms with E-state index >= 15 is 0 Å². The van der Waals surface area contributed by atoms with Crippen molar-refractivity contribution in [3.8, 4) is 0 Å². The molecule has 0 aromatic heterocycles. The number of carboxylic acids is 1. The molecule has 4 heteroatoms. The molecule has 0 heterocycles. The van der Waals surface area contributed by atoms with Crippen LogP contribution in [0.1, 0.15) is 72.6 Å². The molecule has 0 radical (unpaired) electrons. The van der Waals surface area contributed by atoms with Crippen molar-refractivity contribution in [2.24, 2.45) is 0 Å². The predicted molar refractivity (Wildman–Crippen MR) is 85.4 cm³/mol. The van der Waals surface area contributed by atoms with Crippen molar-refractivity contribution in [2.75, 3.05) is 0 Å². The van der Waals surface area contributed by atoms with Gasteiger partial charge in [0, 0.05) is 5.97 Å². The molecule has 22 heavy (non-hydrogen) atoms. The van der Waals surface area contributed by atoms with Crippen molar-refractivity contribution in [2.45, 2.75) is 71.1 Å². The number of carbonyl (C=O) groups is 1. The predicted octanol–water partition coefficient (Wildman–Crippen LogP) is -1.55. The summed E-state index contributed by atoms with van der Waals surface area (Å²) in [5.41, 5.74) is 0. The minimum absolute atomic E-state index is 0. The summed E-state index contributed by atoms with van der Waals surface area (Å²) in [5, 5.41) is 10.2. The first-order chi connectivity index (χ1) is 9.77. The summed E-state index contributed by atoms with van der Waals surface area (Å²) < 4.78 is 0. The molecule has 0 fully saturated rings. The zero-order chi connectivity index (χ0) is 14.9. The first kappa shape index (κ1) is 28.1. The quantitative estimate of drug-likeness (QED) is 0.231. The number of allylic oxidation sites excluding steroid dienone is 6. The molecule has 0 amide bonds. The Kier molecular flexibility index (Phi) is 31.4. The van der Waals surface area contributed by atoms with E-state index in [-0.39, 0.29) is 88.8 Å². The van der Waals surface area contributed by atoms with Crippen LogP contribution in [0.15, 0.2) is 36.5 Å². The molecule has 0 aromatic rings. The molecule has 0 bridgehead atoms. The maximum Gasteiger partial charge on any atom is 1.00 e. The van der Waals surface area contributed by atoms with Crippen molar-refractivity contribution >= 4 is 5.97 Å². The Morgan fingerprint density at radius 2 is 1.36 bits per heavy atom. The molecule has 0 saturated carbocycles. The fourth-order valence-electron chi connectivity index (χ4n) is 1.89. The summed E-state index contributed by atoms with van der Waals surface area (Å²) in [6, 6.07) is 0. The minimum atomic E-state index is -0.925. The first-order valence-corrected chi connectivity index (χ1v) is 7.92. The van der Waals surface area contributed by atoms with E-state index in [0.717, 1.165) is 44.9 Å². The molecule has 2 nitrogen and oxygen atoms in total. The van der Waals surface area contributed by atoms with Gasteiger partial charge in [0.2, 0.25) is 0 Å². The second-order valence-electron chi connectivity index (χ2n) is 4.97. The van der Waals surface area contributed by atoms with Gasteiger partial charge in [-0.15, -0.1) is 0 Å². The van der Waals surface area contributed by atoms with Gasteiger partial charge in [-0.3, -0.25) is 0 Å². The molecule has 0 aromatic carbocycles. The molecule has 116 valence electrons. The third-order valence-electron chi connectivity index (χ3n) is 3.03. The Morgan fingerprint density at radius 1 is 0.864 bits per heavy atom. The topological polar surface area (TPSA) is 40.1 Å². The normalized spacial score (nSPS) is 11.0.